The summed E-state index contributed by atoms with van der Waals surface area (Å²) in [6.45, 7) is 3.88. The molecule has 5 heteroatoms. The Labute approximate surface area is 87.1 Å². The largest absolute Gasteiger partial charge is 0.298 e. The normalized spacial score (nSPS) is 10.6. The van der Waals surface area contributed by atoms with Crippen molar-refractivity contribution in [1.29, 1.82) is 0 Å². The first-order valence-electron chi connectivity index (χ1n) is 4.64. The van der Waals surface area contributed by atoms with Crippen LogP contribution in [0, 0.1) is 13.8 Å². The van der Waals surface area contributed by atoms with Crippen molar-refractivity contribution in [2.24, 2.45) is 7.05 Å². The third-order valence-corrected chi connectivity index (χ3v) is 2.55. The molecule has 0 aliphatic heterocycles. The van der Waals surface area contributed by atoms with Crippen LogP contribution in [0.2, 0.25) is 0 Å². The number of aromatic nitrogens is 4. The van der Waals surface area contributed by atoms with Crippen LogP contribution in [0.15, 0.2) is 6.20 Å². The van der Waals surface area contributed by atoms with E-state index in [-0.39, 0.29) is 0 Å². The first kappa shape index (κ1) is 9.64. The first-order valence-corrected chi connectivity index (χ1v) is 4.64. The number of aldehydes is 1. The highest BCUT2D eigenvalue weighted by Crippen LogP contribution is 2.26. The van der Waals surface area contributed by atoms with E-state index in [1.165, 1.54) is 6.20 Å². The summed E-state index contributed by atoms with van der Waals surface area (Å²) in [6, 6.07) is 0. The second-order valence-corrected chi connectivity index (χ2v) is 3.49. The molecule has 2 heterocycles. The Bertz CT molecular complexity index is 509. The second-order valence-electron chi connectivity index (χ2n) is 3.49. The van der Waals surface area contributed by atoms with Crippen molar-refractivity contribution >= 4 is 6.29 Å². The molecule has 0 atom stereocenters. The van der Waals surface area contributed by atoms with Gasteiger partial charge < -0.3 is 0 Å². The molecule has 0 fully saturated rings. The summed E-state index contributed by atoms with van der Waals surface area (Å²) in [5.74, 6) is 0. The first-order chi connectivity index (χ1) is 7.15. The van der Waals surface area contributed by atoms with Gasteiger partial charge in [-0.15, -0.1) is 0 Å². The fraction of sp³-hybridized carbons (Fsp3) is 0.300. The number of hydrogen-bond acceptors (Lipinski definition) is 3. The molecule has 0 saturated carbocycles. The van der Waals surface area contributed by atoms with Gasteiger partial charge in [0.15, 0.2) is 6.29 Å². The molecule has 0 aliphatic rings. The van der Waals surface area contributed by atoms with Crippen LogP contribution < -0.4 is 0 Å². The molecular formula is C10H12N4O. The fourth-order valence-corrected chi connectivity index (χ4v) is 1.72. The Balaban J connectivity index is 2.68. The van der Waals surface area contributed by atoms with Crippen LogP contribution in [0.5, 0.6) is 0 Å². The maximum Gasteiger partial charge on any atom is 0.153 e. The number of hydrogen-bond donors (Lipinski definition) is 1. The monoisotopic (exact) mass is 204 g/mol. The number of rotatable bonds is 2. The average molecular weight is 204 g/mol. The van der Waals surface area contributed by atoms with E-state index in [2.05, 4.69) is 15.3 Å². The van der Waals surface area contributed by atoms with E-state index in [1.807, 2.05) is 20.9 Å². The van der Waals surface area contributed by atoms with Crippen LogP contribution >= 0.6 is 0 Å². The van der Waals surface area contributed by atoms with E-state index in [0.29, 0.717) is 5.56 Å². The molecule has 0 aliphatic carbocycles. The molecule has 2 aromatic heterocycles. The van der Waals surface area contributed by atoms with Gasteiger partial charge in [-0.1, -0.05) is 0 Å². The van der Waals surface area contributed by atoms with Crippen molar-refractivity contribution in [1.82, 2.24) is 20.0 Å². The van der Waals surface area contributed by atoms with Gasteiger partial charge in [0, 0.05) is 18.3 Å². The number of carbonyl (C=O) groups excluding carboxylic acids is 1. The minimum atomic E-state index is 0.564. The molecule has 15 heavy (non-hydrogen) atoms. The Hall–Kier alpha value is -1.91. The van der Waals surface area contributed by atoms with E-state index in [4.69, 9.17) is 0 Å². The van der Waals surface area contributed by atoms with Gasteiger partial charge in [0.1, 0.15) is 0 Å². The number of nitrogens with zero attached hydrogens (tertiary/aromatic N) is 3. The maximum absolute atomic E-state index is 10.8. The minimum Gasteiger partial charge on any atom is -0.298 e. The second kappa shape index (κ2) is 3.34. The summed E-state index contributed by atoms with van der Waals surface area (Å²) < 4.78 is 1.79. The molecule has 1 N–H and O–H groups in total. The summed E-state index contributed by atoms with van der Waals surface area (Å²) in [4.78, 5) is 10.8. The van der Waals surface area contributed by atoms with E-state index in [1.54, 1.807) is 4.68 Å². The lowest BCUT2D eigenvalue weighted by molar-refractivity contribution is 0.112. The summed E-state index contributed by atoms with van der Waals surface area (Å²) in [5.41, 5.74) is 4.17. The van der Waals surface area contributed by atoms with E-state index in [0.717, 1.165) is 28.9 Å². The fourth-order valence-electron chi connectivity index (χ4n) is 1.72. The molecule has 0 radical (unpaired) electrons. The molecule has 0 unspecified atom stereocenters. The van der Waals surface area contributed by atoms with Crippen molar-refractivity contribution in [3.63, 3.8) is 0 Å². The SMILES string of the molecule is Cc1nn(C)c(C)c1-c1[nH]ncc1C=O. The van der Waals surface area contributed by atoms with E-state index < -0.39 is 0 Å². The van der Waals surface area contributed by atoms with Crippen LogP contribution in [0.1, 0.15) is 21.7 Å². The Morgan fingerprint density at radius 3 is 2.73 bits per heavy atom. The van der Waals surface area contributed by atoms with Gasteiger partial charge in [0.2, 0.25) is 0 Å². The smallest absolute Gasteiger partial charge is 0.153 e. The number of H-pyrrole nitrogens is 1. The van der Waals surface area contributed by atoms with Gasteiger partial charge >= 0.3 is 0 Å². The molecule has 78 valence electrons. The van der Waals surface area contributed by atoms with Crippen LogP contribution in [0.3, 0.4) is 0 Å². The molecule has 0 saturated heterocycles. The summed E-state index contributed by atoms with van der Waals surface area (Å²) in [7, 11) is 1.88. The average Bonchev–Trinajstić information content (AvgIpc) is 2.73. The number of nitrogens with one attached hydrogen (secondary N) is 1. The lowest BCUT2D eigenvalue weighted by Gasteiger charge is -1.99. The van der Waals surface area contributed by atoms with Gasteiger partial charge in [-0.25, -0.2) is 0 Å². The topological polar surface area (TPSA) is 63.6 Å². The van der Waals surface area contributed by atoms with Crippen molar-refractivity contribution in [2.45, 2.75) is 13.8 Å². The van der Waals surface area contributed by atoms with E-state index in [9.17, 15) is 4.79 Å². The Kier molecular flexibility index (Phi) is 2.15. The van der Waals surface area contributed by atoms with Gasteiger partial charge in [0.25, 0.3) is 0 Å². The Morgan fingerprint density at radius 2 is 2.20 bits per heavy atom. The predicted octanol–water partition coefficient (Wildman–Crippen LogP) is 1.24. The van der Waals surface area contributed by atoms with Crippen LogP contribution in [0.25, 0.3) is 11.3 Å². The van der Waals surface area contributed by atoms with Crippen molar-refractivity contribution in [3.05, 3.63) is 23.1 Å². The van der Waals surface area contributed by atoms with Crippen molar-refractivity contribution < 1.29 is 4.79 Å². The summed E-state index contributed by atoms with van der Waals surface area (Å²) in [5, 5.41) is 11.0. The molecule has 0 spiro atoms. The molecule has 5 nitrogen and oxygen atoms in total. The minimum absolute atomic E-state index is 0.564. The van der Waals surface area contributed by atoms with Crippen LogP contribution in [-0.4, -0.2) is 26.3 Å². The van der Waals surface area contributed by atoms with Crippen molar-refractivity contribution in [3.8, 4) is 11.3 Å². The lowest BCUT2D eigenvalue weighted by atomic mass is 10.1. The quantitative estimate of drug-likeness (QED) is 0.748. The third kappa shape index (κ3) is 1.36. The standard InChI is InChI=1S/C10H12N4O/c1-6-9(7(2)14(3)13-6)10-8(5-15)4-11-12-10/h4-5H,1-3H3,(H,11,12). The molecular weight excluding hydrogens is 192 g/mol. The highest BCUT2D eigenvalue weighted by molar-refractivity contribution is 5.86. The molecule has 0 bridgehead atoms. The zero-order valence-corrected chi connectivity index (χ0v) is 8.90. The molecule has 2 aromatic rings. The van der Waals surface area contributed by atoms with Crippen molar-refractivity contribution in [2.75, 3.05) is 0 Å². The Morgan fingerprint density at radius 1 is 1.47 bits per heavy atom. The highest BCUT2D eigenvalue weighted by Gasteiger charge is 2.16. The molecule has 0 aromatic carbocycles. The number of aryl methyl sites for hydroxylation is 2. The van der Waals surface area contributed by atoms with Gasteiger partial charge in [0.05, 0.1) is 23.1 Å². The van der Waals surface area contributed by atoms with Crippen LogP contribution in [0.4, 0.5) is 0 Å². The number of carbonyl (C=O) groups is 1. The molecule has 2 rings (SSSR count). The third-order valence-electron chi connectivity index (χ3n) is 2.55. The lowest BCUT2D eigenvalue weighted by Crippen LogP contribution is -1.93. The van der Waals surface area contributed by atoms with Gasteiger partial charge in [-0.2, -0.15) is 10.2 Å². The zero-order chi connectivity index (χ0) is 11.0. The van der Waals surface area contributed by atoms with Gasteiger partial charge in [-0.05, 0) is 13.8 Å². The molecule has 0 amide bonds. The summed E-state index contributed by atoms with van der Waals surface area (Å²) in [6.07, 6.45) is 2.32. The number of aromatic amines is 1. The van der Waals surface area contributed by atoms with E-state index >= 15 is 0 Å². The highest BCUT2D eigenvalue weighted by atomic mass is 16.1. The maximum atomic E-state index is 10.8. The zero-order valence-electron chi connectivity index (χ0n) is 8.90. The van der Waals surface area contributed by atoms with Crippen LogP contribution in [-0.2, 0) is 7.05 Å². The summed E-state index contributed by atoms with van der Waals surface area (Å²) >= 11 is 0. The predicted molar refractivity (Wildman–Crippen MR) is 55.7 cm³/mol. The van der Waals surface area contributed by atoms with Gasteiger partial charge in [-0.3, -0.25) is 14.6 Å².